The molecule has 1 aliphatic rings. The SMILES string of the molecule is O=c1c2ccc(-c3ccc(F)cc3)cc2ncn1CC1CCCO1. The largest absolute Gasteiger partial charge is 0.376 e. The molecule has 5 heteroatoms. The van der Waals surface area contributed by atoms with E-state index in [0.29, 0.717) is 17.4 Å². The van der Waals surface area contributed by atoms with Crippen molar-refractivity contribution in [2.75, 3.05) is 6.61 Å². The second-order valence-corrected chi connectivity index (χ2v) is 6.08. The van der Waals surface area contributed by atoms with E-state index >= 15 is 0 Å². The molecule has 2 aromatic carbocycles. The molecule has 4 rings (SSSR count). The van der Waals surface area contributed by atoms with Gasteiger partial charge in [0.2, 0.25) is 0 Å². The van der Waals surface area contributed by atoms with Gasteiger partial charge < -0.3 is 4.74 Å². The molecular weight excluding hydrogens is 307 g/mol. The van der Waals surface area contributed by atoms with Crippen molar-refractivity contribution < 1.29 is 9.13 Å². The average molecular weight is 324 g/mol. The van der Waals surface area contributed by atoms with Gasteiger partial charge in [0.25, 0.3) is 5.56 Å². The molecule has 2 heterocycles. The number of benzene rings is 2. The molecule has 122 valence electrons. The normalized spacial score (nSPS) is 17.5. The van der Waals surface area contributed by atoms with Gasteiger partial charge in [-0.1, -0.05) is 18.2 Å². The highest BCUT2D eigenvalue weighted by atomic mass is 19.1. The summed E-state index contributed by atoms with van der Waals surface area (Å²) in [6.07, 6.45) is 3.70. The summed E-state index contributed by atoms with van der Waals surface area (Å²) >= 11 is 0. The third-order valence-corrected chi connectivity index (χ3v) is 4.43. The smallest absolute Gasteiger partial charge is 0.261 e. The van der Waals surface area contributed by atoms with Crippen molar-refractivity contribution in [3.63, 3.8) is 0 Å². The van der Waals surface area contributed by atoms with Crippen LogP contribution in [0.25, 0.3) is 22.0 Å². The molecule has 4 nitrogen and oxygen atoms in total. The van der Waals surface area contributed by atoms with Crippen LogP contribution in [0.1, 0.15) is 12.8 Å². The quantitative estimate of drug-likeness (QED) is 0.742. The van der Waals surface area contributed by atoms with E-state index in [-0.39, 0.29) is 17.5 Å². The van der Waals surface area contributed by atoms with Crippen molar-refractivity contribution in [2.45, 2.75) is 25.5 Å². The zero-order valence-corrected chi connectivity index (χ0v) is 13.1. The Labute approximate surface area is 138 Å². The van der Waals surface area contributed by atoms with E-state index in [1.165, 1.54) is 12.1 Å². The summed E-state index contributed by atoms with van der Waals surface area (Å²) in [6.45, 7) is 1.31. The van der Waals surface area contributed by atoms with Crippen LogP contribution in [0.4, 0.5) is 4.39 Å². The van der Waals surface area contributed by atoms with E-state index in [4.69, 9.17) is 4.74 Å². The van der Waals surface area contributed by atoms with Crippen LogP contribution in [-0.4, -0.2) is 22.3 Å². The number of halogens is 1. The first-order valence-electron chi connectivity index (χ1n) is 8.07. The predicted octanol–water partition coefficient (Wildman–Crippen LogP) is 3.38. The lowest BCUT2D eigenvalue weighted by Crippen LogP contribution is -2.26. The Kier molecular flexibility index (Phi) is 3.86. The molecule has 3 aromatic rings. The molecule has 1 saturated heterocycles. The average Bonchev–Trinajstić information content (AvgIpc) is 3.11. The molecule has 1 unspecified atom stereocenters. The van der Waals surface area contributed by atoms with Gasteiger partial charge >= 0.3 is 0 Å². The van der Waals surface area contributed by atoms with E-state index in [0.717, 1.165) is 30.6 Å². The van der Waals surface area contributed by atoms with Crippen molar-refractivity contribution in [3.05, 3.63) is 65.0 Å². The van der Waals surface area contributed by atoms with Gasteiger partial charge in [-0.2, -0.15) is 0 Å². The second-order valence-electron chi connectivity index (χ2n) is 6.08. The van der Waals surface area contributed by atoms with Crippen LogP contribution < -0.4 is 5.56 Å². The first-order valence-corrected chi connectivity index (χ1v) is 8.07. The lowest BCUT2D eigenvalue weighted by Gasteiger charge is -2.12. The summed E-state index contributed by atoms with van der Waals surface area (Å²) in [5.41, 5.74) is 2.39. The third kappa shape index (κ3) is 2.83. The number of ether oxygens (including phenoxy) is 1. The molecule has 0 aliphatic carbocycles. The fraction of sp³-hybridized carbons (Fsp3) is 0.263. The Hall–Kier alpha value is -2.53. The Morgan fingerprint density at radius 1 is 1.17 bits per heavy atom. The topological polar surface area (TPSA) is 44.1 Å². The minimum absolute atomic E-state index is 0.0545. The predicted molar refractivity (Wildman–Crippen MR) is 90.4 cm³/mol. The highest BCUT2D eigenvalue weighted by molar-refractivity contribution is 5.83. The summed E-state index contributed by atoms with van der Waals surface area (Å²) in [5, 5.41) is 0.585. The van der Waals surface area contributed by atoms with E-state index < -0.39 is 0 Å². The molecule has 0 radical (unpaired) electrons. The Morgan fingerprint density at radius 3 is 2.71 bits per heavy atom. The summed E-state index contributed by atoms with van der Waals surface area (Å²) in [6, 6.07) is 11.8. The number of hydrogen-bond acceptors (Lipinski definition) is 3. The van der Waals surface area contributed by atoms with Gasteiger partial charge in [-0.3, -0.25) is 9.36 Å². The minimum Gasteiger partial charge on any atom is -0.376 e. The van der Waals surface area contributed by atoms with Gasteiger partial charge in [0.05, 0.1) is 29.9 Å². The molecule has 0 N–H and O–H groups in total. The molecule has 0 spiro atoms. The van der Waals surface area contributed by atoms with E-state index in [9.17, 15) is 9.18 Å². The molecule has 0 saturated carbocycles. The van der Waals surface area contributed by atoms with Crippen molar-refractivity contribution in [1.82, 2.24) is 9.55 Å². The summed E-state index contributed by atoms with van der Waals surface area (Å²) in [7, 11) is 0. The number of aromatic nitrogens is 2. The van der Waals surface area contributed by atoms with Gasteiger partial charge in [-0.25, -0.2) is 9.37 Å². The molecule has 0 bridgehead atoms. The van der Waals surface area contributed by atoms with Gasteiger partial charge in [0.1, 0.15) is 5.82 Å². The highest BCUT2D eigenvalue weighted by Crippen LogP contribution is 2.22. The summed E-state index contributed by atoms with van der Waals surface area (Å²) in [4.78, 5) is 17.0. The number of rotatable bonds is 3. The van der Waals surface area contributed by atoms with E-state index in [1.807, 2.05) is 12.1 Å². The second kappa shape index (κ2) is 6.17. The van der Waals surface area contributed by atoms with Gasteiger partial charge in [0.15, 0.2) is 0 Å². The maximum Gasteiger partial charge on any atom is 0.261 e. The van der Waals surface area contributed by atoms with Crippen molar-refractivity contribution in [1.29, 1.82) is 0 Å². The molecular formula is C19H17FN2O2. The van der Waals surface area contributed by atoms with Gasteiger partial charge in [-0.05, 0) is 48.2 Å². The minimum atomic E-state index is -0.269. The molecule has 1 aliphatic heterocycles. The Morgan fingerprint density at radius 2 is 1.96 bits per heavy atom. The number of fused-ring (bicyclic) bond motifs is 1. The zero-order chi connectivity index (χ0) is 16.5. The molecule has 1 atom stereocenters. The zero-order valence-electron chi connectivity index (χ0n) is 13.1. The molecule has 0 amide bonds. The lowest BCUT2D eigenvalue weighted by atomic mass is 10.0. The van der Waals surface area contributed by atoms with Crippen molar-refractivity contribution >= 4 is 10.9 Å². The van der Waals surface area contributed by atoms with E-state index in [2.05, 4.69) is 4.98 Å². The first-order chi connectivity index (χ1) is 11.7. The maximum atomic E-state index is 13.1. The van der Waals surface area contributed by atoms with Crippen LogP contribution in [0.3, 0.4) is 0 Å². The lowest BCUT2D eigenvalue weighted by molar-refractivity contribution is 0.0960. The summed E-state index contributed by atoms with van der Waals surface area (Å²) in [5.74, 6) is -0.269. The van der Waals surface area contributed by atoms with Crippen LogP contribution >= 0.6 is 0 Å². The fourth-order valence-corrected chi connectivity index (χ4v) is 3.12. The van der Waals surface area contributed by atoms with Crippen LogP contribution in [0.2, 0.25) is 0 Å². The van der Waals surface area contributed by atoms with Gasteiger partial charge in [0, 0.05) is 6.61 Å². The van der Waals surface area contributed by atoms with Crippen molar-refractivity contribution in [2.24, 2.45) is 0 Å². The fourth-order valence-electron chi connectivity index (χ4n) is 3.12. The Balaban J connectivity index is 1.70. The van der Waals surface area contributed by atoms with Crippen LogP contribution in [-0.2, 0) is 11.3 Å². The van der Waals surface area contributed by atoms with Crippen LogP contribution in [0, 0.1) is 5.82 Å². The monoisotopic (exact) mass is 324 g/mol. The molecule has 1 fully saturated rings. The first kappa shape index (κ1) is 15.0. The Bertz CT molecular complexity index is 928. The molecule has 24 heavy (non-hydrogen) atoms. The van der Waals surface area contributed by atoms with Crippen LogP contribution in [0.15, 0.2) is 53.6 Å². The maximum absolute atomic E-state index is 13.1. The van der Waals surface area contributed by atoms with E-state index in [1.54, 1.807) is 29.1 Å². The summed E-state index contributed by atoms with van der Waals surface area (Å²) < 4.78 is 20.3. The standard InChI is InChI=1S/C19H17FN2O2/c20-15-6-3-13(4-7-15)14-5-8-17-18(10-14)21-12-22(19(17)23)11-16-2-1-9-24-16/h3-8,10,12,16H,1-2,9,11H2. The number of hydrogen-bond donors (Lipinski definition) is 0. The number of nitrogens with zero attached hydrogens (tertiary/aromatic N) is 2. The molecule has 1 aromatic heterocycles. The highest BCUT2D eigenvalue weighted by Gasteiger charge is 2.17. The van der Waals surface area contributed by atoms with Crippen LogP contribution in [0.5, 0.6) is 0 Å². The van der Waals surface area contributed by atoms with Gasteiger partial charge in [-0.15, -0.1) is 0 Å². The van der Waals surface area contributed by atoms with Crippen molar-refractivity contribution in [3.8, 4) is 11.1 Å². The third-order valence-electron chi connectivity index (χ3n) is 4.43.